The first-order valence-electron chi connectivity index (χ1n) is 8.04. The van der Waals surface area contributed by atoms with Gasteiger partial charge in [-0.05, 0) is 38.2 Å². The van der Waals surface area contributed by atoms with E-state index in [-0.39, 0.29) is 12.5 Å². The fourth-order valence-corrected chi connectivity index (χ4v) is 2.43. The van der Waals surface area contributed by atoms with E-state index in [1.165, 1.54) is 0 Å². The van der Waals surface area contributed by atoms with Crippen LogP contribution in [-0.4, -0.2) is 32.9 Å². The zero-order chi connectivity index (χ0) is 18.5. The summed E-state index contributed by atoms with van der Waals surface area (Å²) in [6.45, 7) is 1.93. The number of carbonyl (C=O) groups excluding carboxylic acids is 1. The van der Waals surface area contributed by atoms with Crippen LogP contribution >= 0.6 is 0 Å². The number of ether oxygens (including phenoxy) is 1. The van der Waals surface area contributed by atoms with Crippen molar-refractivity contribution in [2.45, 2.75) is 19.6 Å². The number of likely N-dealkylation sites (N-methyl/N-ethyl adjacent to an activating group) is 1. The van der Waals surface area contributed by atoms with E-state index in [0.717, 1.165) is 5.56 Å². The maximum absolute atomic E-state index is 12.5. The predicted molar refractivity (Wildman–Crippen MR) is 93.4 cm³/mol. The lowest BCUT2D eigenvalue weighted by molar-refractivity contribution is -0.118. The topological polar surface area (TPSA) is 107 Å². The Labute approximate surface area is 150 Å². The van der Waals surface area contributed by atoms with Crippen molar-refractivity contribution in [3.8, 4) is 5.75 Å². The van der Waals surface area contributed by atoms with Gasteiger partial charge in [0.25, 0.3) is 5.89 Å². The summed E-state index contributed by atoms with van der Waals surface area (Å²) in [4.78, 5) is 16.6. The molecule has 0 aliphatic heterocycles. The summed E-state index contributed by atoms with van der Waals surface area (Å²) in [6.07, 6.45) is 3.47. The zero-order valence-corrected chi connectivity index (χ0v) is 14.8. The third-order valence-electron chi connectivity index (χ3n) is 3.66. The van der Waals surface area contributed by atoms with Crippen LogP contribution in [0.25, 0.3) is 0 Å². The van der Waals surface area contributed by atoms with Gasteiger partial charge in [0, 0.05) is 24.5 Å². The molecule has 0 aliphatic rings. The van der Waals surface area contributed by atoms with Crippen LogP contribution in [0, 0.1) is 6.92 Å². The Morgan fingerprint density at radius 3 is 2.69 bits per heavy atom. The number of anilines is 1. The van der Waals surface area contributed by atoms with Gasteiger partial charge in [-0.3, -0.25) is 9.48 Å². The Hall–Kier alpha value is -3.20. The van der Waals surface area contributed by atoms with Gasteiger partial charge >= 0.3 is 0 Å². The summed E-state index contributed by atoms with van der Waals surface area (Å²) in [5, 5.41) is 13.7. The van der Waals surface area contributed by atoms with E-state index >= 15 is 0 Å². The van der Waals surface area contributed by atoms with Crippen LogP contribution < -0.4 is 15.4 Å². The smallest absolute Gasteiger partial charge is 0.264 e. The summed E-state index contributed by atoms with van der Waals surface area (Å²) in [5.41, 5.74) is 1.46. The number of nitrogens with zero attached hydrogens (tertiary/aromatic N) is 4. The summed E-state index contributed by atoms with van der Waals surface area (Å²) in [6, 6.07) is 6.57. The predicted octanol–water partition coefficient (Wildman–Crippen LogP) is 1.59. The van der Waals surface area contributed by atoms with E-state index in [2.05, 4.69) is 25.9 Å². The minimum absolute atomic E-state index is 0.171. The maximum Gasteiger partial charge on any atom is 0.264 e. The maximum atomic E-state index is 12.5. The minimum atomic E-state index is -0.486. The monoisotopic (exact) mass is 356 g/mol. The number of nitrogens with one attached hydrogen (secondary N) is 2. The van der Waals surface area contributed by atoms with Crippen molar-refractivity contribution in [2.75, 3.05) is 12.4 Å². The summed E-state index contributed by atoms with van der Waals surface area (Å²) in [5.74, 6) is 1.44. The van der Waals surface area contributed by atoms with E-state index < -0.39 is 6.04 Å². The highest BCUT2D eigenvalue weighted by atomic mass is 16.5. The Morgan fingerprint density at radius 2 is 2.12 bits per heavy atom. The van der Waals surface area contributed by atoms with Crippen molar-refractivity contribution in [3.05, 3.63) is 53.9 Å². The van der Waals surface area contributed by atoms with Crippen LogP contribution in [0.4, 0.5) is 5.69 Å². The van der Waals surface area contributed by atoms with E-state index in [9.17, 15) is 4.79 Å². The lowest BCUT2D eigenvalue weighted by Crippen LogP contribution is -2.30. The number of amides is 1. The normalized spacial score (nSPS) is 12.0. The third kappa shape index (κ3) is 4.25. The van der Waals surface area contributed by atoms with Crippen molar-refractivity contribution in [3.63, 3.8) is 0 Å². The second-order valence-corrected chi connectivity index (χ2v) is 5.71. The molecular formula is C17H20N6O3. The van der Waals surface area contributed by atoms with Crippen molar-refractivity contribution in [1.29, 1.82) is 0 Å². The molecule has 2 heterocycles. The van der Waals surface area contributed by atoms with Crippen LogP contribution in [0.15, 0.2) is 41.2 Å². The second-order valence-electron chi connectivity index (χ2n) is 5.71. The molecule has 136 valence electrons. The number of hydrogen-bond donors (Lipinski definition) is 2. The number of carbonyl (C=O) groups is 1. The molecule has 26 heavy (non-hydrogen) atoms. The minimum Gasteiger partial charge on any atom is -0.484 e. The molecule has 2 aromatic heterocycles. The molecule has 3 rings (SSSR count). The second kappa shape index (κ2) is 7.79. The van der Waals surface area contributed by atoms with Gasteiger partial charge in [-0.2, -0.15) is 10.1 Å². The fourth-order valence-electron chi connectivity index (χ4n) is 2.43. The largest absolute Gasteiger partial charge is 0.484 e. The summed E-state index contributed by atoms with van der Waals surface area (Å²) < 4.78 is 12.2. The van der Waals surface area contributed by atoms with E-state index in [0.29, 0.717) is 23.2 Å². The zero-order valence-electron chi connectivity index (χ0n) is 14.8. The Kier molecular flexibility index (Phi) is 5.28. The number of aryl methyl sites for hydroxylation is 2. The highest BCUT2D eigenvalue weighted by Gasteiger charge is 2.20. The standard InChI is InChI=1S/C17H20N6O3/c1-11-20-15(26-22-11)10-25-14-6-4-13(5-7-14)21-17(24)16(18-2)12-8-19-23(3)9-12/h4-9,16,18H,10H2,1-3H3,(H,21,24). The Bertz CT molecular complexity index is 871. The van der Waals surface area contributed by atoms with Crippen LogP contribution in [0.3, 0.4) is 0 Å². The first-order chi connectivity index (χ1) is 12.5. The SMILES string of the molecule is CNC(C(=O)Nc1ccc(OCc2nc(C)no2)cc1)c1cnn(C)c1. The molecule has 1 aromatic carbocycles. The third-order valence-corrected chi connectivity index (χ3v) is 3.66. The van der Waals surface area contributed by atoms with Crippen molar-refractivity contribution in [1.82, 2.24) is 25.2 Å². The van der Waals surface area contributed by atoms with Gasteiger partial charge in [0.05, 0.1) is 6.20 Å². The van der Waals surface area contributed by atoms with Crippen LogP contribution in [0.2, 0.25) is 0 Å². The molecule has 1 atom stereocenters. The molecule has 0 saturated carbocycles. The van der Waals surface area contributed by atoms with Crippen molar-refractivity contribution >= 4 is 11.6 Å². The Balaban J connectivity index is 1.58. The molecule has 0 radical (unpaired) electrons. The fraction of sp³-hybridized carbons (Fsp3) is 0.294. The molecule has 0 aliphatic carbocycles. The van der Waals surface area contributed by atoms with Gasteiger partial charge < -0.3 is 19.9 Å². The molecule has 2 N–H and O–H groups in total. The quantitative estimate of drug-likeness (QED) is 0.662. The van der Waals surface area contributed by atoms with E-state index in [1.807, 2.05) is 7.05 Å². The van der Waals surface area contributed by atoms with E-state index in [4.69, 9.17) is 9.26 Å². The molecule has 9 heteroatoms. The van der Waals surface area contributed by atoms with Gasteiger partial charge in [-0.25, -0.2) is 0 Å². The van der Waals surface area contributed by atoms with Crippen molar-refractivity contribution < 1.29 is 14.1 Å². The van der Waals surface area contributed by atoms with Crippen molar-refractivity contribution in [2.24, 2.45) is 7.05 Å². The molecule has 0 spiro atoms. The number of hydrogen-bond acceptors (Lipinski definition) is 7. The molecule has 0 saturated heterocycles. The van der Waals surface area contributed by atoms with Gasteiger partial charge in [-0.1, -0.05) is 5.16 Å². The summed E-state index contributed by atoms with van der Waals surface area (Å²) >= 11 is 0. The van der Waals surface area contributed by atoms with Crippen LogP contribution in [-0.2, 0) is 18.4 Å². The summed E-state index contributed by atoms with van der Waals surface area (Å²) in [7, 11) is 3.54. The highest BCUT2D eigenvalue weighted by molar-refractivity contribution is 5.95. The van der Waals surface area contributed by atoms with Gasteiger partial charge in [-0.15, -0.1) is 0 Å². The first kappa shape index (κ1) is 17.6. The lowest BCUT2D eigenvalue weighted by Gasteiger charge is -2.14. The average Bonchev–Trinajstić information content (AvgIpc) is 3.23. The molecule has 0 fully saturated rings. The highest BCUT2D eigenvalue weighted by Crippen LogP contribution is 2.19. The van der Waals surface area contributed by atoms with Gasteiger partial charge in [0.15, 0.2) is 12.4 Å². The van der Waals surface area contributed by atoms with Crippen LogP contribution in [0.1, 0.15) is 23.3 Å². The number of rotatable bonds is 7. The molecule has 1 amide bonds. The van der Waals surface area contributed by atoms with Gasteiger partial charge in [0.1, 0.15) is 11.8 Å². The molecule has 0 bridgehead atoms. The molecule has 1 unspecified atom stereocenters. The first-order valence-corrected chi connectivity index (χ1v) is 8.04. The lowest BCUT2D eigenvalue weighted by atomic mass is 10.1. The van der Waals surface area contributed by atoms with Crippen LogP contribution in [0.5, 0.6) is 5.75 Å². The number of benzene rings is 1. The Morgan fingerprint density at radius 1 is 1.35 bits per heavy atom. The van der Waals surface area contributed by atoms with Gasteiger partial charge in [0.2, 0.25) is 5.91 Å². The molecule has 3 aromatic rings. The molecular weight excluding hydrogens is 336 g/mol. The molecule has 9 nitrogen and oxygen atoms in total. The number of aromatic nitrogens is 4. The van der Waals surface area contributed by atoms with E-state index in [1.54, 1.807) is 55.3 Å². The average molecular weight is 356 g/mol.